The molecule has 0 aromatic carbocycles. The van der Waals surface area contributed by atoms with Crippen molar-refractivity contribution >= 4 is 22.7 Å². The van der Waals surface area contributed by atoms with Gasteiger partial charge >= 0.3 is 5.97 Å². The van der Waals surface area contributed by atoms with Crippen LogP contribution in [0.4, 0.5) is 5.82 Å². The van der Waals surface area contributed by atoms with E-state index >= 15 is 0 Å². The van der Waals surface area contributed by atoms with E-state index in [1.165, 1.54) is 0 Å². The van der Waals surface area contributed by atoms with Crippen molar-refractivity contribution in [2.75, 3.05) is 18.5 Å². The van der Waals surface area contributed by atoms with Crippen LogP contribution in [0.25, 0.3) is 10.9 Å². The highest BCUT2D eigenvalue weighted by molar-refractivity contribution is 5.91. The van der Waals surface area contributed by atoms with Crippen LogP contribution in [0.2, 0.25) is 0 Å². The van der Waals surface area contributed by atoms with Crippen molar-refractivity contribution in [2.24, 2.45) is 0 Å². The van der Waals surface area contributed by atoms with Gasteiger partial charge < -0.3 is 15.2 Å². The standard InChI is InChI=1S/C14H18N4O3/c19-12(20)2-1-10-13-11(18-17-10)3-6-15-14(13)16-9-4-7-21-8-5-9/h3,6,9H,1-2,4-5,7-8H2,(H,15,16)(H,17,18)(H,19,20). The maximum absolute atomic E-state index is 10.8. The molecular formula is C14H18N4O3. The van der Waals surface area contributed by atoms with E-state index in [9.17, 15) is 4.79 Å². The number of aliphatic carboxylic acids is 1. The zero-order valence-electron chi connectivity index (χ0n) is 11.6. The second-order valence-electron chi connectivity index (χ2n) is 5.18. The van der Waals surface area contributed by atoms with E-state index in [0.717, 1.165) is 48.5 Å². The molecule has 0 bridgehead atoms. The molecule has 1 fully saturated rings. The van der Waals surface area contributed by atoms with Crippen molar-refractivity contribution in [1.82, 2.24) is 15.2 Å². The van der Waals surface area contributed by atoms with Crippen LogP contribution in [-0.2, 0) is 16.0 Å². The number of carboxylic acids is 1. The second-order valence-corrected chi connectivity index (χ2v) is 5.18. The molecule has 0 atom stereocenters. The Labute approximate surface area is 121 Å². The van der Waals surface area contributed by atoms with Crippen molar-refractivity contribution in [3.8, 4) is 0 Å². The second kappa shape index (κ2) is 6.09. The molecule has 0 spiro atoms. The van der Waals surface area contributed by atoms with Crippen LogP contribution < -0.4 is 5.32 Å². The summed E-state index contributed by atoms with van der Waals surface area (Å²) in [6.45, 7) is 1.51. The number of anilines is 1. The first kappa shape index (κ1) is 13.8. The summed E-state index contributed by atoms with van der Waals surface area (Å²) in [7, 11) is 0. The highest BCUT2D eigenvalue weighted by Crippen LogP contribution is 2.25. The highest BCUT2D eigenvalue weighted by Gasteiger charge is 2.17. The maximum atomic E-state index is 10.8. The van der Waals surface area contributed by atoms with Gasteiger partial charge in [-0.05, 0) is 18.9 Å². The van der Waals surface area contributed by atoms with Gasteiger partial charge in [-0.25, -0.2) is 4.98 Å². The molecule has 21 heavy (non-hydrogen) atoms. The number of H-pyrrole nitrogens is 1. The van der Waals surface area contributed by atoms with Gasteiger partial charge in [-0.15, -0.1) is 0 Å². The number of pyridine rings is 1. The van der Waals surface area contributed by atoms with Crippen molar-refractivity contribution in [2.45, 2.75) is 31.7 Å². The van der Waals surface area contributed by atoms with Gasteiger partial charge in [0.15, 0.2) is 0 Å². The molecule has 0 radical (unpaired) electrons. The lowest BCUT2D eigenvalue weighted by atomic mass is 10.1. The number of ether oxygens (including phenoxy) is 1. The van der Waals surface area contributed by atoms with Crippen LogP contribution in [0.1, 0.15) is 25.0 Å². The van der Waals surface area contributed by atoms with Gasteiger partial charge in [-0.3, -0.25) is 9.89 Å². The normalized spacial score (nSPS) is 16.2. The highest BCUT2D eigenvalue weighted by atomic mass is 16.5. The number of nitrogens with zero attached hydrogens (tertiary/aromatic N) is 2. The van der Waals surface area contributed by atoms with Crippen molar-refractivity contribution in [1.29, 1.82) is 0 Å². The van der Waals surface area contributed by atoms with Gasteiger partial charge in [0, 0.05) is 37.6 Å². The average Bonchev–Trinajstić information content (AvgIpc) is 2.90. The number of carbonyl (C=O) groups is 1. The molecule has 2 aromatic heterocycles. The molecular weight excluding hydrogens is 272 g/mol. The van der Waals surface area contributed by atoms with Gasteiger partial charge in [-0.2, -0.15) is 5.10 Å². The van der Waals surface area contributed by atoms with E-state index < -0.39 is 5.97 Å². The third-order valence-corrected chi connectivity index (χ3v) is 3.69. The van der Waals surface area contributed by atoms with Crippen LogP contribution in [0, 0.1) is 0 Å². The van der Waals surface area contributed by atoms with E-state index in [1.54, 1.807) is 6.20 Å². The molecule has 0 saturated carbocycles. The lowest BCUT2D eigenvalue weighted by Crippen LogP contribution is -2.28. The zero-order chi connectivity index (χ0) is 14.7. The topological polar surface area (TPSA) is 100 Å². The molecule has 1 saturated heterocycles. The Balaban J connectivity index is 1.86. The number of carboxylic acid groups (broad SMARTS) is 1. The Morgan fingerprint density at radius 1 is 1.48 bits per heavy atom. The summed E-state index contributed by atoms with van der Waals surface area (Å²) in [5, 5.41) is 20.3. The first-order valence-electron chi connectivity index (χ1n) is 7.12. The summed E-state index contributed by atoms with van der Waals surface area (Å²) >= 11 is 0. The minimum absolute atomic E-state index is 0.0723. The maximum Gasteiger partial charge on any atom is 0.303 e. The number of aromatic nitrogens is 3. The summed E-state index contributed by atoms with van der Waals surface area (Å²) < 4.78 is 5.35. The van der Waals surface area contributed by atoms with Crippen LogP contribution in [-0.4, -0.2) is 45.5 Å². The summed E-state index contributed by atoms with van der Waals surface area (Å²) in [6.07, 6.45) is 4.09. The van der Waals surface area contributed by atoms with E-state index in [1.807, 2.05) is 6.07 Å². The van der Waals surface area contributed by atoms with Gasteiger partial charge in [0.1, 0.15) is 5.82 Å². The molecule has 0 unspecified atom stereocenters. The van der Waals surface area contributed by atoms with Crippen LogP contribution in [0.15, 0.2) is 12.3 Å². The van der Waals surface area contributed by atoms with E-state index in [-0.39, 0.29) is 6.42 Å². The van der Waals surface area contributed by atoms with E-state index in [2.05, 4.69) is 20.5 Å². The quantitative estimate of drug-likeness (QED) is 0.772. The number of nitrogens with one attached hydrogen (secondary N) is 2. The number of rotatable bonds is 5. The number of fused-ring (bicyclic) bond motifs is 1. The third-order valence-electron chi connectivity index (χ3n) is 3.69. The van der Waals surface area contributed by atoms with Gasteiger partial charge in [0.2, 0.25) is 0 Å². The summed E-state index contributed by atoms with van der Waals surface area (Å²) in [5.74, 6) is -0.0471. The summed E-state index contributed by atoms with van der Waals surface area (Å²) in [6, 6.07) is 2.16. The fourth-order valence-electron chi connectivity index (χ4n) is 2.58. The minimum atomic E-state index is -0.819. The number of hydrogen-bond acceptors (Lipinski definition) is 5. The predicted molar refractivity (Wildman–Crippen MR) is 77.3 cm³/mol. The lowest BCUT2D eigenvalue weighted by molar-refractivity contribution is -0.136. The molecule has 1 aliphatic rings. The molecule has 3 N–H and O–H groups in total. The van der Waals surface area contributed by atoms with Gasteiger partial charge in [0.25, 0.3) is 0 Å². The Hall–Kier alpha value is -2.15. The fourth-order valence-corrected chi connectivity index (χ4v) is 2.58. The van der Waals surface area contributed by atoms with E-state index in [0.29, 0.717) is 12.5 Å². The third kappa shape index (κ3) is 3.13. The number of hydrogen-bond donors (Lipinski definition) is 3. The largest absolute Gasteiger partial charge is 0.481 e. The Morgan fingerprint density at radius 2 is 2.29 bits per heavy atom. The molecule has 1 aliphatic heterocycles. The number of aryl methyl sites for hydroxylation is 1. The first-order chi connectivity index (χ1) is 10.2. The molecule has 3 heterocycles. The zero-order valence-corrected chi connectivity index (χ0v) is 11.6. The number of aromatic amines is 1. The van der Waals surface area contributed by atoms with Crippen molar-refractivity contribution < 1.29 is 14.6 Å². The average molecular weight is 290 g/mol. The monoisotopic (exact) mass is 290 g/mol. The molecule has 0 amide bonds. The molecule has 7 heteroatoms. The van der Waals surface area contributed by atoms with Crippen LogP contribution in [0.3, 0.4) is 0 Å². The SMILES string of the molecule is O=C(O)CCc1[nH]nc2ccnc(NC3CCOCC3)c12. The molecule has 7 nitrogen and oxygen atoms in total. The first-order valence-corrected chi connectivity index (χ1v) is 7.12. The molecule has 0 aliphatic carbocycles. The summed E-state index contributed by atoms with van der Waals surface area (Å²) in [5.41, 5.74) is 1.62. The Morgan fingerprint density at radius 3 is 3.05 bits per heavy atom. The summed E-state index contributed by atoms with van der Waals surface area (Å²) in [4.78, 5) is 15.2. The van der Waals surface area contributed by atoms with Crippen LogP contribution >= 0.6 is 0 Å². The van der Waals surface area contributed by atoms with Crippen molar-refractivity contribution in [3.63, 3.8) is 0 Å². The van der Waals surface area contributed by atoms with Crippen molar-refractivity contribution in [3.05, 3.63) is 18.0 Å². The van der Waals surface area contributed by atoms with E-state index in [4.69, 9.17) is 9.84 Å². The minimum Gasteiger partial charge on any atom is -0.481 e. The molecule has 112 valence electrons. The molecule has 3 rings (SSSR count). The van der Waals surface area contributed by atoms with Crippen LogP contribution in [0.5, 0.6) is 0 Å². The Kier molecular flexibility index (Phi) is 4.01. The van der Waals surface area contributed by atoms with Gasteiger partial charge in [-0.1, -0.05) is 0 Å². The smallest absolute Gasteiger partial charge is 0.303 e. The fraction of sp³-hybridized carbons (Fsp3) is 0.500. The predicted octanol–water partition coefficient (Wildman–Crippen LogP) is 1.57. The lowest BCUT2D eigenvalue weighted by Gasteiger charge is -2.24. The molecule has 2 aromatic rings. The Bertz CT molecular complexity index is 634. The van der Waals surface area contributed by atoms with Gasteiger partial charge in [0.05, 0.1) is 17.3 Å².